The van der Waals surface area contributed by atoms with Gasteiger partial charge < -0.3 is 20.3 Å². The van der Waals surface area contributed by atoms with Crippen molar-refractivity contribution in [2.45, 2.75) is 45.1 Å². The first kappa shape index (κ1) is 20.1. The Hall–Kier alpha value is -2.62. The highest BCUT2D eigenvalue weighted by atomic mass is 16.5. The molecule has 2 heterocycles. The maximum Gasteiger partial charge on any atom is 0.142 e. The Morgan fingerprint density at radius 2 is 2.14 bits per heavy atom. The quantitative estimate of drug-likeness (QED) is 0.821. The standard InChI is InChI=1S/C22H27N3O3/c1-14-19(16-6-4-5-7-18(16)27-11-9-26)17(13-23)21(24)25-20(14)15-8-10-28-22(2,3)12-15/h4-7,15,26H,8-12H2,1-3H3,(H2,24,25)/t15-/m0/s1. The van der Waals surface area contributed by atoms with Crippen molar-refractivity contribution in [3.8, 4) is 22.9 Å². The predicted molar refractivity (Wildman–Crippen MR) is 108 cm³/mol. The van der Waals surface area contributed by atoms with Crippen molar-refractivity contribution < 1.29 is 14.6 Å². The van der Waals surface area contributed by atoms with Gasteiger partial charge in [-0.05, 0) is 45.2 Å². The highest BCUT2D eigenvalue weighted by molar-refractivity contribution is 5.82. The van der Waals surface area contributed by atoms with Gasteiger partial charge >= 0.3 is 0 Å². The summed E-state index contributed by atoms with van der Waals surface area (Å²) in [7, 11) is 0. The van der Waals surface area contributed by atoms with Crippen molar-refractivity contribution in [2.24, 2.45) is 0 Å². The molecule has 1 aliphatic heterocycles. The maximum atomic E-state index is 9.77. The number of benzene rings is 1. The molecule has 1 saturated heterocycles. The number of aliphatic hydroxyl groups is 1. The molecule has 3 rings (SSSR count). The Balaban J connectivity index is 2.17. The van der Waals surface area contributed by atoms with Crippen molar-refractivity contribution in [3.05, 3.63) is 41.1 Å². The molecule has 148 valence electrons. The third kappa shape index (κ3) is 3.96. The lowest BCUT2D eigenvalue weighted by Gasteiger charge is -2.36. The van der Waals surface area contributed by atoms with Gasteiger partial charge in [0.2, 0.25) is 0 Å². The monoisotopic (exact) mass is 381 g/mol. The summed E-state index contributed by atoms with van der Waals surface area (Å²) < 4.78 is 11.6. The molecule has 1 atom stereocenters. The van der Waals surface area contributed by atoms with Crippen LogP contribution in [0, 0.1) is 18.3 Å². The van der Waals surface area contributed by atoms with Gasteiger partial charge in [-0.1, -0.05) is 18.2 Å². The number of ether oxygens (including phenoxy) is 2. The Labute approximate surface area is 165 Å². The third-order valence-electron chi connectivity index (χ3n) is 5.21. The molecule has 1 fully saturated rings. The number of rotatable bonds is 5. The number of pyridine rings is 1. The Bertz CT molecular complexity index is 903. The van der Waals surface area contributed by atoms with E-state index in [0.717, 1.165) is 35.2 Å². The van der Waals surface area contributed by atoms with Gasteiger partial charge in [0.15, 0.2) is 0 Å². The van der Waals surface area contributed by atoms with E-state index in [1.165, 1.54) is 0 Å². The second-order valence-corrected chi connectivity index (χ2v) is 7.74. The van der Waals surface area contributed by atoms with Crippen LogP contribution in [0.15, 0.2) is 24.3 Å². The van der Waals surface area contributed by atoms with E-state index < -0.39 is 0 Å². The van der Waals surface area contributed by atoms with Crippen LogP contribution in [0.4, 0.5) is 5.82 Å². The molecule has 0 saturated carbocycles. The van der Waals surface area contributed by atoms with Gasteiger partial charge in [-0.25, -0.2) is 4.98 Å². The number of nitrogen functional groups attached to an aromatic ring is 1. The van der Waals surface area contributed by atoms with E-state index in [2.05, 4.69) is 24.9 Å². The highest BCUT2D eigenvalue weighted by Crippen LogP contribution is 2.42. The fourth-order valence-electron chi connectivity index (χ4n) is 3.98. The first-order valence-corrected chi connectivity index (χ1v) is 9.55. The Morgan fingerprint density at radius 1 is 1.39 bits per heavy atom. The lowest BCUT2D eigenvalue weighted by molar-refractivity contribution is -0.0598. The number of nitrogens with two attached hydrogens (primary N) is 1. The van der Waals surface area contributed by atoms with Gasteiger partial charge in [-0.2, -0.15) is 5.26 Å². The molecule has 1 aliphatic rings. The van der Waals surface area contributed by atoms with Crippen molar-refractivity contribution in [1.82, 2.24) is 4.98 Å². The first-order valence-electron chi connectivity index (χ1n) is 9.55. The van der Waals surface area contributed by atoms with Crippen LogP contribution in [0.1, 0.15) is 49.4 Å². The van der Waals surface area contributed by atoms with Crippen LogP contribution < -0.4 is 10.5 Å². The van der Waals surface area contributed by atoms with E-state index in [4.69, 9.17) is 20.3 Å². The largest absolute Gasteiger partial charge is 0.491 e. The summed E-state index contributed by atoms with van der Waals surface area (Å²) in [5.41, 5.74) is 9.74. The zero-order chi connectivity index (χ0) is 20.3. The van der Waals surface area contributed by atoms with Crippen LogP contribution >= 0.6 is 0 Å². The Morgan fingerprint density at radius 3 is 2.82 bits per heavy atom. The van der Waals surface area contributed by atoms with Gasteiger partial charge in [0, 0.05) is 29.3 Å². The molecule has 2 aromatic rings. The van der Waals surface area contributed by atoms with E-state index in [0.29, 0.717) is 17.9 Å². The van der Waals surface area contributed by atoms with Crippen molar-refractivity contribution in [3.63, 3.8) is 0 Å². The number of hydrogen-bond donors (Lipinski definition) is 2. The van der Waals surface area contributed by atoms with Crippen LogP contribution in [0.5, 0.6) is 5.75 Å². The lowest BCUT2D eigenvalue weighted by atomic mass is 9.82. The highest BCUT2D eigenvalue weighted by Gasteiger charge is 2.33. The zero-order valence-electron chi connectivity index (χ0n) is 16.7. The molecule has 0 aliphatic carbocycles. The number of nitriles is 1. The number of aliphatic hydroxyl groups excluding tert-OH is 1. The fraction of sp³-hybridized carbons (Fsp3) is 0.455. The average Bonchev–Trinajstić information content (AvgIpc) is 2.67. The normalized spacial score (nSPS) is 18.5. The molecule has 0 bridgehead atoms. The molecular formula is C22H27N3O3. The summed E-state index contributed by atoms with van der Waals surface area (Å²) in [6.45, 7) is 6.92. The predicted octanol–water partition coefficient (Wildman–Crippen LogP) is 3.55. The van der Waals surface area contributed by atoms with Crippen molar-refractivity contribution >= 4 is 5.82 Å². The SMILES string of the molecule is Cc1c([C@H]2CCOC(C)(C)C2)nc(N)c(C#N)c1-c1ccccc1OCCO. The second kappa shape index (κ2) is 8.17. The van der Waals surface area contributed by atoms with Gasteiger partial charge in [0.25, 0.3) is 0 Å². The molecular weight excluding hydrogens is 354 g/mol. The summed E-state index contributed by atoms with van der Waals surface area (Å²) >= 11 is 0. The van der Waals surface area contributed by atoms with Crippen molar-refractivity contribution in [1.29, 1.82) is 5.26 Å². The average molecular weight is 381 g/mol. The summed E-state index contributed by atoms with van der Waals surface area (Å²) in [6.07, 6.45) is 1.71. The molecule has 6 nitrogen and oxygen atoms in total. The van der Waals surface area contributed by atoms with E-state index in [1.54, 1.807) is 0 Å². The second-order valence-electron chi connectivity index (χ2n) is 7.74. The van der Waals surface area contributed by atoms with Crippen LogP contribution in [-0.4, -0.2) is 35.5 Å². The van der Waals surface area contributed by atoms with Gasteiger partial charge in [0.1, 0.15) is 29.8 Å². The first-order chi connectivity index (χ1) is 13.4. The van der Waals surface area contributed by atoms with E-state index >= 15 is 0 Å². The van der Waals surface area contributed by atoms with E-state index in [9.17, 15) is 5.26 Å². The number of hydrogen-bond acceptors (Lipinski definition) is 6. The molecule has 0 radical (unpaired) electrons. The molecule has 0 spiro atoms. The Kier molecular flexibility index (Phi) is 5.87. The fourth-order valence-corrected chi connectivity index (χ4v) is 3.98. The lowest BCUT2D eigenvalue weighted by Crippen LogP contribution is -2.33. The number of nitrogens with zero attached hydrogens (tertiary/aromatic N) is 2. The minimum atomic E-state index is -0.220. The summed E-state index contributed by atoms with van der Waals surface area (Å²) in [6, 6.07) is 9.72. The summed E-state index contributed by atoms with van der Waals surface area (Å²) in [5, 5.41) is 18.9. The van der Waals surface area contributed by atoms with Gasteiger partial charge in [0.05, 0.1) is 12.2 Å². The minimum Gasteiger partial charge on any atom is -0.491 e. The topological polar surface area (TPSA) is 101 Å². The molecule has 1 aromatic carbocycles. The molecule has 0 unspecified atom stereocenters. The minimum absolute atomic E-state index is 0.0840. The molecule has 0 amide bonds. The third-order valence-corrected chi connectivity index (χ3v) is 5.21. The van der Waals surface area contributed by atoms with E-state index in [1.807, 2.05) is 31.2 Å². The summed E-state index contributed by atoms with van der Waals surface area (Å²) in [5.74, 6) is 1.06. The van der Waals surface area contributed by atoms with Gasteiger partial charge in [-0.15, -0.1) is 0 Å². The molecule has 28 heavy (non-hydrogen) atoms. The van der Waals surface area contributed by atoms with Crippen molar-refractivity contribution in [2.75, 3.05) is 25.6 Å². The number of aromatic nitrogens is 1. The van der Waals surface area contributed by atoms with Crippen LogP contribution in [0.3, 0.4) is 0 Å². The van der Waals surface area contributed by atoms with Crippen LogP contribution in [0.2, 0.25) is 0 Å². The summed E-state index contributed by atoms with van der Waals surface area (Å²) in [4.78, 5) is 4.63. The molecule has 3 N–H and O–H groups in total. The smallest absolute Gasteiger partial charge is 0.142 e. The zero-order valence-corrected chi connectivity index (χ0v) is 16.7. The van der Waals surface area contributed by atoms with Gasteiger partial charge in [-0.3, -0.25) is 0 Å². The van der Waals surface area contributed by atoms with Crippen LogP contribution in [-0.2, 0) is 4.74 Å². The number of para-hydroxylation sites is 1. The maximum absolute atomic E-state index is 9.77. The van der Waals surface area contributed by atoms with Crippen LogP contribution in [0.25, 0.3) is 11.1 Å². The molecule has 6 heteroatoms. The number of anilines is 1. The molecule has 1 aromatic heterocycles. The van der Waals surface area contributed by atoms with E-state index in [-0.39, 0.29) is 30.6 Å².